The zero-order valence-electron chi connectivity index (χ0n) is 9.93. The Labute approximate surface area is 104 Å². The first kappa shape index (κ1) is 12.1. The van der Waals surface area contributed by atoms with Gasteiger partial charge >= 0.3 is 0 Å². The van der Waals surface area contributed by atoms with Gasteiger partial charge in [0.2, 0.25) is 5.89 Å². The second-order valence-electron chi connectivity index (χ2n) is 3.65. The van der Waals surface area contributed by atoms with Gasteiger partial charge in [0.25, 0.3) is 5.89 Å². The van der Waals surface area contributed by atoms with E-state index in [0.29, 0.717) is 11.8 Å². The van der Waals surface area contributed by atoms with Crippen LogP contribution in [0.1, 0.15) is 24.9 Å². The van der Waals surface area contributed by atoms with Crippen LogP contribution < -0.4 is 5.32 Å². The monoisotopic (exact) mass is 253 g/mol. The molecule has 1 N–H and O–H groups in total. The minimum atomic E-state index is 0.524. The van der Waals surface area contributed by atoms with E-state index in [1.807, 2.05) is 6.92 Å². The molecule has 0 aliphatic carbocycles. The molecule has 92 valence electrons. The molecule has 17 heavy (non-hydrogen) atoms. The molecule has 0 aromatic carbocycles. The Balaban J connectivity index is 1.95. The predicted octanol–water partition coefficient (Wildman–Crippen LogP) is 1.44. The topological polar surface area (TPSA) is 76.7 Å². The standard InChI is InChI=1S/C10H15N5OS/c1-3-11-6-4-5-8-13-14-10(16-8)9-7(2)12-15-17-9/h11H,3-6H2,1-2H3. The lowest BCUT2D eigenvalue weighted by molar-refractivity contribution is 0.493. The van der Waals surface area contributed by atoms with Gasteiger partial charge in [-0.25, -0.2) is 0 Å². The molecule has 0 fully saturated rings. The van der Waals surface area contributed by atoms with Crippen molar-refractivity contribution in [1.29, 1.82) is 0 Å². The SMILES string of the molecule is CCNCCCc1nnc(-c2snnc2C)o1. The highest BCUT2D eigenvalue weighted by molar-refractivity contribution is 7.09. The van der Waals surface area contributed by atoms with E-state index in [-0.39, 0.29) is 0 Å². The van der Waals surface area contributed by atoms with E-state index in [1.54, 1.807) is 0 Å². The van der Waals surface area contributed by atoms with Crippen LogP contribution in [0.2, 0.25) is 0 Å². The van der Waals surface area contributed by atoms with Crippen molar-refractivity contribution in [3.8, 4) is 10.8 Å². The smallest absolute Gasteiger partial charge is 0.261 e. The van der Waals surface area contributed by atoms with Gasteiger partial charge in [0, 0.05) is 6.42 Å². The van der Waals surface area contributed by atoms with Crippen LogP contribution in [0.4, 0.5) is 0 Å². The zero-order chi connectivity index (χ0) is 12.1. The Kier molecular flexibility index (Phi) is 4.16. The fraction of sp³-hybridized carbons (Fsp3) is 0.600. The molecule has 0 bridgehead atoms. The molecule has 2 rings (SSSR count). The molecule has 2 aromatic heterocycles. The van der Waals surface area contributed by atoms with Crippen molar-refractivity contribution in [2.75, 3.05) is 13.1 Å². The van der Waals surface area contributed by atoms with Crippen LogP contribution >= 0.6 is 11.5 Å². The average Bonchev–Trinajstić information content (AvgIpc) is 2.93. The minimum absolute atomic E-state index is 0.524. The molecule has 0 aliphatic heterocycles. The lowest BCUT2D eigenvalue weighted by Crippen LogP contribution is -2.14. The Morgan fingerprint density at radius 1 is 1.29 bits per heavy atom. The lowest BCUT2D eigenvalue weighted by atomic mass is 10.3. The first-order valence-electron chi connectivity index (χ1n) is 5.63. The largest absolute Gasteiger partial charge is 0.420 e. The van der Waals surface area contributed by atoms with Crippen LogP contribution in [0.5, 0.6) is 0 Å². The molecule has 0 radical (unpaired) electrons. The van der Waals surface area contributed by atoms with Crippen molar-refractivity contribution in [2.24, 2.45) is 0 Å². The van der Waals surface area contributed by atoms with Crippen molar-refractivity contribution in [1.82, 2.24) is 25.1 Å². The molecule has 0 saturated carbocycles. The van der Waals surface area contributed by atoms with Crippen LogP contribution in [0.3, 0.4) is 0 Å². The lowest BCUT2D eigenvalue weighted by Gasteiger charge is -1.97. The first-order valence-corrected chi connectivity index (χ1v) is 6.41. The molecule has 2 heterocycles. The van der Waals surface area contributed by atoms with Crippen LogP contribution in [-0.4, -0.2) is 32.9 Å². The summed E-state index contributed by atoms with van der Waals surface area (Å²) >= 11 is 1.28. The summed E-state index contributed by atoms with van der Waals surface area (Å²) in [7, 11) is 0. The maximum Gasteiger partial charge on any atom is 0.261 e. The summed E-state index contributed by atoms with van der Waals surface area (Å²) in [6.45, 7) is 5.93. The number of hydrogen-bond acceptors (Lipinski definition) is 7. The van der Waals surface area contributed by atoms with Gasteiger partial charge in [-0.15, -0.1) is 15.3 Å². The predicted molar refractivity (Wildman–Crippen MR) is 64.8 cm³/mol. The highest BCUT2D eigenvalue weighted by Gasteiger charge is 2.13. The summed E-state index contributed by atoms with van der Waals surface area (Å²) in [5.41, 5.74) is 0.831. The summed E-state index contributed by atoms with van der Waals surface area (Å²) in [5, 5.41) is 15.2. The number of aryl methyl sites for hydroxylation is 2. The van der Waals surface area contributed by atoms with Gasteiger partial charge in [-0.1, -0.05) is 11.4 Å². The first-order chi connectivity index (χ1) is 8.31. The van der Waals surface area contributed by atoms with E-state index in [1.165, 1.54) is 11.5 Å². The van der Waals surface area contributed by atoms with E-state index in [2.05, 4.69) is 32.0 Å². The molecule has 7 heteroatoms. The molecule has 0 aliphatic rings. The van der Waals surface area contributed by atoms with E-state index < -0.39 is 0 Å². The van der Waals surface area contributed by atoms with Crippen molar-refractivity contribution in [2.45, 2.75) is 26.7 Å². The highest BCUT2D eigenvalue weighted by atomic mass is 32.1. The summed E-state index contributed by atoms with van der Waals surface area (Å²) in [6.07, 6.45) is 1.79. The van der Waals surface area contributed by atoms with Crippen molar-refractivity contribution in [3.63, 3.8) is 0 Å². The van der Waals surface area contributed by atoms with Crippen molar-refractivity contribution >= 4 is 11.5 Å². The number of nitrogens with one attached hydrogen (secondary N) is 1. The molecule has 0 unspecified atom stereocenters. The van der Waals surface area contributed by atoms with Crippen molar-refractivity contribution in [3.05, 3.63) is 11.6 Å². The number of rotatable bonds is 6. The van der Waals surface area contributed by atoms with Gasteiger partial charge < -0.3 is 9.73 Å². The summed E-state index contributed by atoms with van der Waals surface area (Å²) < 4.78 is 9.42. The molecule has 0 amide bonds. The summed E-state index contributed by atoms with van der Waals surface area (Å²) in [6, 6.07) is 0. The molecular weight excluding hydrogens is 238 g/mol. The van der Waals surface area contributed by atoms with Crippen molar-refractivity contribution < 1.29 is 4.42 Å². The molecule has 2 aromatic rings. The molecule has 0 atom stereocenters. The Bertz CT molecular complexity index is 467. The second-order valence-corrected chi connectivity index (χ2v) is 4.40. The average molecular weight is 253 g/mol. The maximum atomic E-state index is 5.57. The van der Waals surface area contributed by atoms with Gasteiger partial charge in [-0.3, -0.25) is 0 Å². The molecule has 0 spiro atoms. The Morgan fingerprint density at radius 2 is 2.18 bits per heavy atom. The quantitative estimate of drug-likeness (QED) is 0.785. The Hall–Kier alpha value is -1.34. The van der Waals surface area contributed by atoms with E-state index in [9.17, 15) is 0 Å². The third-order valence-electron chi connectivity index (χ3n) is 2.31. The number of nitrogens with zero attached hydrogens (tertiary/aromatic N) is 4. The molecule has 6 nitrogen and oxygen atoms in total. The Morgan fingerprint density at radius 3 is 2.88 bits per heavy atom. The zero-order valence-corrected chi connectivity index (χ0v) is 10.8. The highest BCUT2D eigenvalue weighted by Crippen LogP contribution is 2.23. The van der Waals surface area contributed by atoms with Gasteiger partial charge in [-0.2, -0.15) is 0 Å². The van der Waals surface area contributed by atoms with E-state index >= 15 is 0 Å². The second kappa shape index (κ2) is 5.83. The molecular formula is C10H15N5OS. The van der Waals surface area contributed by atoms with Crippen LogP contribution in [-0.2, 0) is 6.42 Å². The maximum absolute atomic E-state index is 5.57. The van der Waals surface area contributed by atoms with Gasteiger partial charge in [0.15, 0.2) is 0 Å². The number of hydrogen-bond donors (Lipinski definition) is 1. The van der Waals surface area contributed by atoms with Crippen LogP contribution in [0.15, 0.2) is 4.42 Å². The molecule has 0 saturated heterocycles. The third-order valence-corrected chi connectivity index (χ3v) is 3.12. The van der Waals surface area contributed by atoms with Gasteiger partial charge in [-0.05, 0) is 38.0 Å². The number of aromatic nitrogens is 4. The van der Waals surface area contributed by atoms with Crippen LogP contribution in [0, 0.1) is 6.92 Å². The van der Waals surface area contributed by atoms with Gasteiger partial charge in [0.05, 0.1) is 5.69 Å². The summed E-state index contributed by atoms with van der Waals surface area (Å²) in [5.74, 6) is 1.20. The fourth-order valence-electron chi connectivity index (χ4n) is 1.42. The van der Waals surface area contributed by atoms with E-state index in [4.69, 9.17) is 4.42 Å². The summed E-state index contributed by atoms with van der Waals surface area (Å²) in [4.78, 5) is 0.857. The van der Waals surface area contributed by atoms with E-state index in [0.717, 1.165) is 36.5 Å². The fourth-order valence-corrected chi connectivity index (χ4v) is 1.99. The van der Waals surface area contributed by atoms with Gasteiger partial charge in [0.1, 0.15) is 4.88 Å². The normalized spacial score (nSPS) is 10.9. The van der Waals surface area contributed by atoms with Crippen LogP contribution in [0.25, 0.3) is 10.8 Å². The minimum Gasteiger partial charge on any atom is -0.420 e. The third kappa shape index (κ3) is 3.07.